The van der Waals surface area contributed by atoms with Gasteiger partial charge in [0.2, 0.25) is 21.5 Å². The Labute approximate surface area is 156 Å². The van der Waals surface area contributed by atoms with E-state index in [0.717, 1.165) is 5.56 Å². The highest BCUT2D eigenvalue weighted by Crippen LogP contribution is 2.21. The van der Waals surface area contributed by atoms with Crippen molar-refractivity contribution in [3.05, 3.63) is 58.4 Å². The minimum Gasteiger partial charge on any atom is -0.327 e. The van der Waals surface area contributed by atoms with Crippen LogP contribution in [0.15, 0.2) is 57.2 Å². The minimum atomic E-state index is -3.60. The normalized spacial score (nSPS) is 15.3. The zero-order chi connectivity index (χ0) is 18.7. The number of aryl methyl sites for hydroxylation is 1. The van der Waals surface area contributed by atoms with Crippen molar-refractivity contribution >= 4 is 27.7 Å². The minimum absolute atomic E-state index is 0.0426. The second kappa shape index (κ2) is 7.65. The van der Waals surface area contributed by atoms with Crippen molar-refractivity contribution in [3.63, 3.8) is 0 Å². The maximum absolute atomic E-state index is 12.6. The topological polar surface area (TPSA) is 90.6 Å². The molecule has 2 heterocycles. The molecule has 1 N–H and O–H groups in total. The predicted octanol–water partition coefficient (Wildman–Crippen LogP) is 1.27. The molecule has 0 bridgehead atoms. The van der Waals surface area contributed by atoms with Crippen LogP contribution in [0.4, 0.5) is 0 Å². The molecule has 1 fully saturated rings. The van der Waals surface area contributed by atoms with Gasteiger partial charge in [0.15, 0.2) is 0 Å². The van der Waals surface area contributed by atoms with Crippen LogP contribution < -0.4 is 5.56 Å². The molecule has 1 saturated heterocycles. The highest BCUT2D eigenvalue weighted by atomic mass is 32.2. The average molecular weight is 393 g/mol. The lowest BCUT2D eigenvalue weighted by atomic mass is 10.3. The SMILES string of the molecule is Cc1cc(SCC(=O)N2CCN(S(=O)(=O)c3ccccc3)C2)[nH]c(=O)c1. The number of hydrogen-bond donors (Lipinski definition) is 1. The molecule has 1 amide bonds. The summed E-state index contributed by atoms with van der Waals surface area (Å²) in [5.41, 5.74) is 0.617. The van der Waals surface area contributed by atoms with Gasteiger partial charge in [0.25, 0.3) is 0 Å². The number of aromatic amines is 1. The Morgan fingerprint density at radius 3 is 2.62 bits per heavy atom. The Bertz CT molecular complexity index is 957. The van der Waals surface area contributed by atoms with Crippen molar-refractivity contribution in [1.29, 1.82) is 0 Å². The summed E-state index contributed by atoms with van der Waals surface area (Å²) in [7, 11) is -3.60. The number of sulfonamides is 1. The van der Waals surface area contributed by atoms with Crippen LogP contribution in [0.5, 0.6) is 0 Å². The van der Waals surface area contributed by atoms with Gasteiger partial charge in [-0.2, -0.15) is 4.31 Å². The molecular weight excluding hydrogens is 374 g/mol. The molecule has 0 atom stereocenters. The van der Waals surface area contributed by atoms with Gasteiger partial charge in [-0.15, -0.1) is 0 Å². The maximum atomic E-state index is 12.6. The molecule has 2 aromatic rings. The lowest BCUT2D eigenvalue weighted by Crippen LogP contribution is -2.34. The number of benzene rings is 1. The first-order valence-electron chi connectivity index (χ1n) is 8.03. The van der Waals surface area contributed by atoms with Gasteiger partial charge in [-0.25, -0.2) is 8.42 Å². The Hall–Kier alpha value is -2.10. The zero-order valence-corrected chi connectivity index (χ0v) is 15.8. The molecule has 1 aliphatic heterocycles. The Morgan fingerprint density at radius 1 is 1.19 bits per heavy atom. The molecule has 3 rings (SSSR count). The number of H-pyrrole nitrogens is 1. The van der Waals surface area contributed by atoms with E-state index in [0.29, 0.717) is 11.6 Å². The standard InChI is InChI=1S/C17H19N3O4S2/c1-13-9-15(21)18-16(10-13)25-11-17(22)19-7-8-20(12-19)26(23,24)14-5-3-2-4-6-14/h2-6,9-10H,7-8,11-12H2,1H3,(H,18,21). The van der Waals surface area contributed by atoms with Gasteiger partial charge in [-0.1, -0.05) is 30.0 Å². The lowest BCUT2D eigenvalue weighted by Gasteiger charge is -2.18. The van der Waals surface area contributed by atoms with Crippen molar-refractivity contribution in [1.82, 2.24) is 14.2 Å². The van der Waals surface area contributed by atoms with Gasteiger partial charge >= 0.3 is 0 Å². The van der Waals surface area contributed by atoms with Crippen LogP contribution >= 0.6 is 11.8 Å². The first-order valence-corrected chi connectivity index (χ1v) is 10.5. The quantitative estimate of drug-likeness (QED) is 0.773. The lowest BCUT2D eigenvalue weighted by molar-refractivity contribution is -0.127. The van der Waals surface area contributed by atoms with Crippen LogP contribution in [-0.2, 0) is 14.8 Å². The van der Waals surface area contributed by atoms with Crippen LogP contribution in [-0.4, -0.2) is 54.0 Å². The van der Waals surface area contributed by atoms with Gasteiger partial charge in [-0.05, 0) is 30.7 Å². The average Bonchev–Trinajstić information content (AvgIpc) is 3.11. The predicted molar refractivity (Wildman–Crippen MR) is 99.4 cm³/mol. The zero-order valence-electron chi connectivity index (χ0n) is 14.2. The molecule has 26 heavy (non-hydrogen) atoms. The van der Waals surface area contributed by atoms with Crippen molar-refractivity contribution < 1.29 is 13.2 Å². The Morgan fingerprint density at radius 2 is 1.92 bits per heavy atom. The molecule has 1 aliphatic rings. The van der Waals surface area contributed by atoms with E-state index in [1.807, 2.05) is 6.92 Å². The van der Waals surface area contributed by atoms with E-state index in [-0.39, 0.29) is 35.3 Å². The fraction of sp³-hybridized carbons (Fsp3) is 0.294. The highest BCUT2D eigenvalue weighted by Gasteiger charge is 2.33. The molecule has 138 valence electrons. The van der Waals surface area contributed by atoms with E-state index in [1.165, 1.54) is 27.0 Å². The van der Waals surface area contributed by atoms with Crippen molar-refractivity contribution in [3.8, 4) is 0 Å². The summed E-state index contributed by atoms with van der Waals surface area (Å²) >= 11 is 1.23. The molecular formula is C17H19N3O4S2. The van der Waals surface area contributed by atoms with Gasteiger partial charge in [0.1, 0.15) is 0 Å². The number of thioether (sulfide) groups is 1. The summed E-state index contributed by atoms with van der Waals surface area (Å²) in [6.45, 7) is 2.49. The largest absolute Gasteiger partial charge is 0.327 e. The summed E-state index contributed by atoms with van der Waals surface area (Å²) in [4.78, 5) is 28.3. The molecule has 0 aliphatic carbocycles. The third-order valence-electron chi connectivity index (χ3n) is 4.00. The number of hydrogen-bond acceptors (Lipinski definition) is 5. The van der Waals surface area contributed by atoms with Crippen molar-refractivity contribution in [2.24, 2.45) is 0 Å². The van der Waals surface area contributed by atoms with Crippen LogP contribution in [0.25, 0.3) is 0 Å². The number of carbonyl (C=O) groups excluding carboxylic acids is 1. The second-order valence-corrected chi connectivity index (χ2v) is 8.92. The fourth-order valence-electron chi connectivity index (χ4n) is 2.66. The van der Waals surface area contributed by atoms with Gasteiger partial charge in [0.05, 0.1) is 22.3 Å². The number of aromatic nitrogens is 1. The smallest absolute Gasteiger partial charge is 0.249 e. The van der Waals surface area contributed by atoms with E-state index in [4.69, 9.17) is 0 Å². The third-order valence-corrected chi connectivity index (χ3v) is 6.76. The van der Waals surface area contributed by atoms with Crippen LogP contribution in [0.2, 0.25) is 0 Å². The van der Waals surface area contributed by atoms with Crippen LogP contribution in [0.1, 0.15) is 5.56 Å². The molecule has 0 radical (unpaired) electrons. The highest BCUT2D eigenvalue weighted by molar-refractivity contribution is 7.99. The first kappa shape index (κ1) is 18.7. The second-order valence-electron chi connectivity index (χ2n) is 5.97. The van der Waals surface area contributed by atoms with E-state index in [9.17, 15) is 18.0 Å². The number of rotatable bonds is 5. The number of carbonyl (C=O) groups is 1. The molecule has 1 aromatic carbocycles. The number of pyridine rings is 1. The summed E-state index contributed by atoms with van der Waals surface area (Å²) in [6, 6.07) is 11.5. The van der Waals surface area contributed by atoms with Crippen molar-refractivity contribution in [2.45, 2.75) is 16.8 Å². The summed E-state index contributed by atoms with van der Waals surface area (Å²) in [5, 5.41) is 0.622. The number of nitrogens with one attached hydrogen (secondary N) is 1. The van der Waals surface area contributed by atoms with Crippen LogP contribution in [0, 0.1) is 6.92 Å². The molecule has 1 aromatic heterocycles. The fourth-order valence-corrected chi connectivity index (χ4v) is 4.98. The van der Waals surface area contributed by atoms with Gasteiger partial charge < -0.3 is 9.88 Å². The molecule has 9 heteroatoms. The van der Waals surface area contributed by atoms with E-state index >= 15 is 0 Å². The summed E-state index contributed by atoms with van der Waals surface area (Å²) < 4.78 is 26.5. The van der Waals surface area contributed by atoms with E-state index < -0.39 is 10.0 Å². The number of nitrogens with zero attached hydrogens (tertiary/aromatic N) is 2. The van der Waals surface area contributed by atoms with Gasteiger partial charge in [0, 0.05) is 19.2 Å². The Kier molecular flexibility index (Phi) is 5.49. The maximum Gasteiger partial charge on any atom is 0.249 e. The van der Waals surface area contributed by atoms with E-state index in [1.54, 1.807) is 36.4 Å². The van der Waals surface area contributed by atoms with Gasteiger partial charge in [-0.3, -0.25) is 9.59 Å². The van der Waals surface area contributed by atoms with Crippen LogP contribution in [0.3, 0.4) is 0 Å². The molecule has 7 nitrogen and oxygen atoms in total. The molecule has 0 spiro atoms. The molecule has 0 unspecified atom stereocenters. The summed E-state index contributed by atoms with van der Waals surface area (Å²) in [5.74, 6) is -0.0263. The summed E-state index contributed by atoms with van der Waals surface area (Å²) in [6.07, 6.45) is 0. The number of amides is 1. The molecule has 0 saturated carbocycles. The monoisotopic (exact) mass is 393 g/mol. The Balaban J connectivity index is 1.61. The first-order chi connectivity index (χ1) is 12.4. The third kappa shape index (κ3) is 4.17. The van der Waals surface area contributed by atoms with E-state index in [2.05, 4.69) is 4.98 Å². The van der Waals surface area contributed by atoms with Crippen molar-refractivity contribution in [2.75, 3.05) is 25.5 Å².